The van der Waals surface area contributed by atoms with Crippen molar-refractivity contribution in [3.8, 4) is 0 Å². The van der Waals surface area contributed by atoms with E-state index < -0.39 is 11.7 Å². The van der Waals surface area contributed by atoms with Gasteiger partial charge in [-0.15, -0.1) is 24.0 Å². The molecule has 0 spiro atoms. The van der Waals surface area contributed by atoms with Crippen LogP contribution in [-0.4, -0.2) is 67.0 Å². The monoisotopic (exact) mass is 553 g/mol. The maximum absolute atomic E-state index is 12.7. The second kappa shape index (κ2) is 11.9. The van der Waals surface area contributed by atoms with Crippen molar-refractivity contribution < 1.29 is 18.0 Å². The van der Waals surface area contributed by atoms with Crippen LogP contribution in [0.3, 0.4) is 0 Å². The molecule has 2 aliphatic heterocycles. The molecule has 31 heavy (non-hydrogen) atoms. The SMILES string of the molecule is CCNC(=NCC(=O)N1CCCC1)NC1CCN(Cc2ccc(C(F)(F)F)cc2)C1.I. The normalized spacial score (nSPS) is 19.9. The van der Waals surface area contributed by atoms with E-state index in [-0.39, 0.29) is 42.5 Å². The molecule has 2 heterocycles. The molecule has 2 aliphatic rings. The zero-order chi connectivity index (χ0) is 21.6. The highest BCUT2D eigenvalue weighted by Gasteiger charge is 2.30. The van der Waals surface area contributed by atoms with Crippen molar-refractivity contribution in [2.24, 2.45) is 4.99 Å². The average molecular weight is 553 g/mol. The quantitative estimate of drug-likeness (QED) is 0.323. The van der Waals surface area contributed by atoms with Gasteiger partial charge in [-0.1, -0.05) is 12.1 Å². The number of carbonyl (C=O) groups excluding carboxylic acids is 1. The minimum atomic E-state index is -4.31. The Morgan fingerprint density at radius 2 is 1.84 bits per heavy atom. The van der Waals surface area contributed by atoms with Gasteiger partial charge in [0.05, 0.1) is 5.56 Å². The Morgan fingerprint density at radius 1 is 1.16 bits per heavy atom. The summed E-state index contributed by atoms with van der Waals surface area (Å²) in [5.74, 6) is 0.687. The van der Waals surface area contributed by atoms with Crippen LogP contribution in [0.4, 0.5) is 13.2 Å². The largest absolute Gasteiger partial charge is 0.416 e. The molecule has 10 heteroatoms. The van der Waals surface area contributed by atoms with E-state index in [1.54, 1.807) is 12.1 Å². The Bertz CT molecular complexity index is 736. The number of benzene rings is 1. The number of nitrogens with one attached hydrogen (secondary N) is 2. The number of likely N-dealkylation sites (tertiary alicyclic amines) is 2. The molecule has 0 aromatic heterocycles. The third kappa shape index (κ3) is 7.81. The first-order valence-corrected chi connectivity index (χ1v) is 10.6. The summed E-state index contributed by atoms with van der Waals surface area (Å²) < 4.78 is 38.1. The standard InChI is InChI=1S/C21H30F3N5O.HI/c1-2-25-20(26-13-19(30)29-10-3-4-11-29)27-18-9-12-28(15-18)14-16-5-7-17(8-6-16)21(22,23)24;/h5-8,18H,2-4,9-15H2,1H3,(H2,25,26,27);1H. The van der Waals surface area contributed by atoms with E-state index in [1.807, 2.05) is 11.8 Å². The lowest BCUT2D eigenvalue weighted by molar-refractivity contribution is -0.137. The highest BCUT2D eigenvalue weighted by molar-refractivity contribution is 14.0. The van der Waals surface area contributed by atoms with Gasteiger partial charge in [-0.3, -0.25) is 9.69 Å². The first kappa shape index (κ1) is 25.7. The number of aliphatic imine (C=N–C) groups is 1. The number of alkyl halides is 3. The van der Waals surface area contributed by atoms with Gasteiger partial charge in [-0.2, -0.15) is 13.2 Å². The van der Waals surface area contributed by atoms with Crippen LogP contribution >= 0.6 is 24.0 Å². The Labute approximate surface area is 198 Å². The first-order chi connectivity index (χ1) is 14.3. The summed E-state index contributed by atoms with van der Waals surface area (Å²) in [6, 6.07) is 5.53. The fourth-order valence-electron chi connectivity index (χ4n) is 3.88. The van der Waals surface area contributed by atoms with E-state index in [2.05, 4.69) is 20.5 Å². The van der Waals surface area contributed by atoms with Crippen molar-refractivity contribution in [3.63, 3.8) is 0 Å². The number of guanidine groups is 1. The predicted molar refractivity (Wildman–Crippen MR) is 125 cm³/mol. The van der Waals surface area contributed by atoms with Crippen LogP contribution in [0.25, 0.3) is 0 Å². The number of hydrogen-bond acceptors (Lipinski definition) is 3. The number of hydrogen-bond donors (Lipinski definition) is 2. The molecule has 0 bridgehead atoms. The van der Waals surface area contributed by atoms with Crippen LogP contribution in [0.15, 0.2) is 29.3 Å². The summed E-state index contributed by atoms with van der Waals surface area (Å²) in [7, 11) is 0. The smallest absolute Gasteiger partial charge is 0.357 e. The molecule has 0 radical (unpaired) electrons. The van der Waals surface area contributed by atoms with E-state index >= 15 is 0 Å². The molecule has 1 aromatic carbocycles. The van der Waals surface area contributed by atoms with E-state index in [9.17, 15) is 18.0 Å². The lowest BCUT2D eigenvalue weighted by Crippen LogP contribution is -2.45. The molecule has 2 fully saturated rings. The van der Waals surface area contributed by atoms with Crippen LogP contribution in [-0.2, 0) is 17.5 Å². The van der Waals surface area contributed by atoms with E-state index in [4.69, 9.17) is 0 Å². The van der Waals surface area contributed by atoms with Crippen molar-refractivity contribution in [2.45, 2.75) is 44.9 Å². The van der Waals surface area contributed by atoms with E-state index in [0.29, 0.717) is 19.0 Å². The zero-order valence-corrected chi connectivity index (χ0v) is 20.1. The van der Waals surface area contributed by atoms with Crippen molar-refractivity contribution in [1.29, 1.82) is 0 Å². The van der Waals surface area contributed by atoms with Crippen LogP contribution in [0, 0.1) is 0 Å². The van der Waals surface area contributed by atoms with Crippen LogP contribution in [0.5, 0.6) is 0 Å². The molecule has 6 nitrogen and oxygen atoms in total. The lowest BCUT2D eigenvalue weighted by atomic mass is 10.1. The molecule has 1 aromatic rings. The fraction of sp³-hybridized carbons (Fsp3) is 0.619. The minimum Gasteiger partial charge on any atom is -0.357 e. The summed E-state index contributed by atoms with van der Waals surface area (Å²) in [6.45, 7) is 6.68. The third-order valence-electron chi connectivity index (χ3n) is 5.48. The second-order valence-corrected chi connectivity index (χ2v) is 7.84. The Kier molecular flexibility index (Phi) is 9.86. The van der Waals surface area contributed by atoms with Crippen molar-refractivity contribution in [1.82, 2.24) is 20.4 Å². The van der Waals surface area contributed by atoms with Gasteiger partial charge in [0.15, 0.2) is 5.96 Å². The second-order valence-electron chi connectivity index (χ2n) is 7.84. The first-order valence-electron chi connectivity index (χ1n) is 10.6. The molecular formula is C21H31F3IN5O. The summed E-state index contributed by atoms with van der Waals surface area (Å²) >= 11 is 0. The Morgan fingerprint density at radius 3 is 2.45 bits per heavy atom. The van der Waals surface area contributed by atoms with Gasteiger partial charge < -0.3 is 15.5 Å². The molecule has 0 saturated carbocycles. The van der Waals surface area contributed by atoms with E-state index in [0.717, 1.165) is 63.1 Å². The van der Waals surface area contributed by atoms with Gasteiger partial charge in [0.1, 0.15) is 6.54 Å². The zero-order valence-electron chi connectivity index (χ0n) is 17.7. The molecule has 174 valence electrons. The van der Waals surface area contributed by atoms with Crippen LogP contribution in [0.1, 0.15) is 37.3 Å². The highest BCUT2D eigenvalue weighted by Crippen LogP contribution is 2.29. The number of amides is 1. The average Bonchev–Trinajstić information content (AvgIpc) is 3.38. The van der Waals surface area contributed by atoms with Crippen LogP contribution < -0.4 is 10.6 Å². The highest BCUT2D eigenvalue weighted by atomic mass is 127. The van der Waals surface area contributed by atoms with Gasteiger partial charge in [0.2, 0.25) is 5.91 Å². The van der Waals surface area contributed by atoms with Crippen LogP contribution in [0.2, 0.25) is 0 Å². The van der Waals surface area contributed by atoms with Crippen molar-refractivity contribution in [3.05, 3.63) is 35.4 Å². The molecule has 1 unspecified atom stereocenters. The molecule has 3 rings (SSSR count). The maximum atomic E-state index is 12.7. The van der Waals surface area contributed by atoms with Crippen molar-refractivity contribution in [2.75, 3.05) is 39.3 Å². The third-order valence-corrected chi connectivity index (χ3v) is 5.48. The summed E-state index contributed by atoms with van der Waals surface area (Å²) in [6.07, 6.45) is -1.28. The number of rotatable bonds is 6. The summed E-state index contributed by atoms with van der Waals surface area (Å²) in [4.78, 5) is 20.7. The Balaban J connectivity index is 0.00000341. The topological polar surface area (TPSA) is 60.0 Å². The Hall–Kier alpha value is -1.56. The van der Waals surface area contributed by atoms with E-state index in [1.165, 1.54) is 0 Å². The molecule has 2 N–H and O–H groups in total. The summed E-state index contributed by atoms with van der Waals surface area (Å²) in [5.41, 5.74) is 0.239. The molecule has 2 saturated heterocycles. The number of halogens is 4. The molecular weight excluding hydrogens is 522 g/mol. The number of carbonyl (C=O) groups is 1. The molecule has 1 amide bonds. The van der Waals surface area contributed by atoms with Gasteiger partial charge >= 0.3 is 6.18 Å². The lowest BCUT2D eigenvalue weighted by Gasteiger charge is -2.19. The predicted octanol–water partition coefficient (Wildman–Crippen LogP) is 3.08. The fourth-order valence-corrected chi connectivity index (χ4v) is 3.88. The number of nitrogens with zero attached hydrogens (tertiary/aromatic N) is 3. The maximum Gasteiger partial charge on any atom is 0.416 e. The molecule has 1 atom stereocenters. The molecule has 0 aliphatic carbocycles. The summed E-state index contributed by atoms with van der Waals surface area (Å²) in [5, 5.41) is 6.57. The van der Waals surface area contributed by atoms with Gasteiger partial charge in [-0.05, 0) is 43.9 Å². The minimum absolute atomic E-state index is 0. The van der Waals surface area contributed by atoms with Gasteiger partial charge in [0.25, 0.3) is 0 Å². The van der Waals surface area contributed by atoms with Gasteiger partial charge in [0, 0.05) is 45.3 Å². The van der Waals surface area contributed by atoms with Gasteiger partial charge in [-0.25, -0.2) is 4.99 Å². The van der Waals surface area contributed by atoms with Crippen molar-refractivity contribution >= 4 is 35.8 Å².